The molecule has 216 valence electrons. The molecule has 41 heavy (non-hydrogen) atoms. The largest absolute Gasteiger partial charge is 0.481 e. The number of rotatable bonds is 10. The SMILES string of the molecule is CN(C(=O)C(CC(=O)O)CC1CCOCC1)c1nc(-c2cc(OCF)ccc2-c2cnc3c(ccn3C)c2)c(F)s1. The first-order chi connectivity index (χ1) is 19.7. The van der Waals surface area contributed by atoms with Gasteiger partial charge in [-0.15, -0.1) is 0 Å². The molecule has 4 heterocycles. The molecule has 1 aromatic carbocycles. The van der Waals surface area contributed by atoms with Gasteiger partial charge in [-0.25, -0.2) is 14.4 Å². The third-order valence-electron chi connectivity index (χ3n) is 7.41. The average Bonchev–Trinajstić information content (AvgIpc) is 3.54. The van der Waals surface area contributed by atoms with Crippen molar-refractivity contribution < 1.29 is 33.0 Å². The number of aliphatic carboxylic acids is 1. The molecular formula is C29H30F2N4O5S. The van der Waals surface area contributed by atoms with Gasteiger partial charge >= 0.3 is 5.97 Å². The number of halogens is 2. The number of aromatic nitrogens is 3. The van der Waals surface area contributed by atoms with Gasteiger partial charge in [0.05, 0.1) is 6.42 Å². The number of ether oxygens (including phenoxy) is 2. The molecule has 1 unspecified atom stereocenters. The number of thiazole rings is 1. The summed E-state index contributed by atoms with van der Waals surface area (Å²) in [7, 11) is 3.36. The summed E-state index contributed by atoms with van der Waals surface area (Å²) in [6, 6.07) is 8.62. The Balaban J connectivity index is 1.49. The lowest BCUT2D eigenvalue weighted by molar-refractivity contribution is -0.141. The van der Waals surface area contributed by atoms with Crippen LogP contribution in [-0.2, 0) is 21.4 Å². The van der Waals surface area contributed by atoms with E-state index in [4.69, 9.17) is 9.47 Å². The van der Waals surface area contributed by atoms with Crippen LogP contribution in [0.4, 0.5) is 13.9 Å². The minimum absolute atomic E-state index is 0.0312. The van der Waals surface area contributed by atoms with Crippen molar-refractivity contribution in [2.45, 2.75) is 25.7 Å². The topological polar surface area (TPSA) is 107 Å². The molecule has 9 nitrogen and oxygen atoms in total. The van der Waals surface area contributed by atoms with Crippen LogP contribution in [0.25, 0.3) is 33.4 Å². The van der Waals surface area contributed by atoms with E-state index in [2.05, 4.69) is 9.97 Å². The Morgan fingerprint density at radius 1 is 1.24 bits per heavy atom. The number of carboxylic acid groups (broad SMARTS) is 1. The van der Waals surface area contributed by atoms with Crippen LogP contribution in [0, 0.1) is 17.0 Å². The third-order valence-corrected chi connectivity index (χ3v) is 8.33. The van der Waals surface area contributed by atoms with Gasteiger partial charge in [-0.2, -0.15) is 4.39 Å². The minimum atomic E-state index is -1.08. The van der Waals surface area contributed by atoms with Gasteiger partial charge in [0, 0.05) is 62.1 Å². The molecule has 0 radical (unpaired) electrons. The third kappa shape index (κ3) is 6.23. The van der Waals surface area contributed by atoms with E-state index in [9.17, 15) is 19.1 Å². The second kappa shape index (κ2) is 12.3. The summed E-state index contributed by atoms with van der Waals surface area (Å²) < 4.78 is 40.9. The summed E-state index contributed by atoms with van der Waals surface area (Å²) in [5.41, 5.74) is 2.39. The van der Waals surface area contributed by atoms with Crippen LogP contribution >= 0.6 is 11.3 Å². The van der Waals surface area contributed by atoms with Crippen LogP contribution < -0.4 is 9.64 Å². The molecule has 0 spiro atoms. The molecule has 0 bridgehead atoms. The maximum atomic E-state index is 15.5. The Kier molecular flexibility index (Phi) is 8.60. The number of nitrogens with zero attached hydrogens (tertiary/aromatic N) is 4. The molecule has 1 atom stereocenters. The highest BCUT2D eigenvalue weighted by Crippen LogP contribution is 2.40. The van der Waals surface area contributed by atoms with E-state index in [1.54, 1.807) is 18.3 Å². The number of alkyl halides is 1. The molecule has 5 rings (SSSR count). The number of amides is 1. The maximum Gasteiger partial charge on any atom is 0.304 e. The summed E-state index contributed by atoms with van der Waals surface area (Å²) in [6.45, 7) is 0.0992. The molecule has 1 fully saturated rings. The molecule has 3 aromatic heterocycles. The second-order valence-corrected chi connectivity index (χ2v) is 11.1. The van der Waals surface area contributed by atoms with Crippen LogP contribution in [0.5, 0.6) is 5.75 Å². The van der Waals surface area contributed by atoms with E-state index >= 15 is 4.39 Å². The Morgan fingerprint density at radius 2 is 2.02 bits per heavy atom. The highest BCUT2D eigenvalue weighted by molar-refractivity contribution is 7.14. The van der Waals surface area contributed by atoms with Gasteiger partial charge < -0.3 is 19.1 Å². The summed E-state index contributed by atoms with van der Waals surface area (Å²) in [5, 5.41) is 9.80. The average molecular weight is 585 g/mol. The lowest BCUT2D eigenvalue weighted by Crippen LogP contribution is -2.35. The molecule has 12 heteroatoms. The Hall–Kier alpha value is -3.90. The molecule has 4 aromatic rings. The molecule has 1 aliphatic rings. The van der Waals surface area contributed by atoms with Gasteiger partial charge in [-0.05, 0) is 61.1 Å². The second-order valence-electron chi connectivity index (χ2n) is 10.1. The number of fused-ring (bicyclic) bond motifs is 1. The molecule has 0 saturated carbocycles. The van der Waals surface area contributed by atoms with Gasteiger partial charge in [0.2, 0.25) is 17.9 Å². The van der Waals surface area contributed by atoms with Crippen molar-refractivity contribution >= 4 is 39.4 Å². The Labute approximate surface area is 239 Å². The van der Waals surface area contributed by atoms with Crippen molar-refractivity contribution in [2.75, 3.05) is 32.0 Å². The standard InChI is InChI=1S/C29H30F2N4O5S/c1-34-8-5-18-12-20(15-32-27(18)34)22-4-3-21(40-16-30)14-23(22)25-26(31)41-29(33-25)35(2)28(38)19(13-24(36)37)11-17-6-9-39-10-7-17/h3-5,8,12,14-15,17,19H,6-7,9-11,13,16H2,1-2H3,(H,36,37). The van der Waals surface area contributed by atoms with E-state index in [-0.39, 0.29) is 28.9 Å². The van der Waals surface area contributed by atoms with E-state index in [1.165, 1.54) is 18.0 Å². The van der Waals surface area contributed by atoms with Crippen molar-refractivity contribution in [3.8, 4) is 28.1 Å². The predicted octanol–water partition coefficient (Wildman–Crippen LogP) is 5.68. The van der Waals surface area contributed by atoms with Crippen molar-refractivity contribution in [3.63, 3.8) is 0 Å². The summed E-state index contributed by atoms with van der Waals surface area (Å²) in [4.78, 5) is 35.3. The molecule has 1 amide bonds. The monoisotopic (exact) mass is 584 g/mol. The number of benzene rings is 1. The minimum Gasteiger partial charge on any atom is -0.481 e. The van der Waals surface area contributed by atoms with Gasteiger partial charge in [0.25, 0.3) is 0 Å². The number of hydrogen-bond acceptors (Lipinski definition) is 7. The Bertz CT molecular complexity index is 1570. The number of aryl methyl sites for hydroxylation is 1. The smallest absolute Gasteiger partial charge is 0.304 e. The van der Waals surface area contributed by atoms with Crippen LogP contribution in [-0.4, -0.2) is 58.6 Å². The van der Waals surface area contributed by atoms with Crippen molar-refractivity contribution in [1.29, 1.82) is 0 Å². The first-order valence-electron chi connectivity index (χ1n) is 13.2. The molecule has 0 aliphatic carbocycles. The predicted molar refractivity (Wildman–Crippen MR) is 151 cm³/mol. The number of pyridine rings is 1. The van der Waals surface area contributed by atoms with Crippen molar-refractivity contribution in [1.82, 2.24) is 14.5 Å². The van der Waals surface area contributed by atoms with Crippen LogP contribution in [0.2, 0.25) is 0 Å². The van der Waals surface area contributed by atoms with E-state index < -0.39 is 29.8 Å². The highest BCUT2D eigenvalue weighted by atomic mass is 32.1. The lowest BCUT2D eigenvalue weighted by atomic mass is 9.86. The first-order valence-corrected chi connectivity index (χ1v) is 14.0. The summed E-state index contributed by atoms with van der Waals surface area (Å²) >= 11 is 0.683. The van der Waals surface area contributed by atoms with Crippen LogP contribution in [0.15, 0.2) is 42.7 Å². The normalized spacial score (nSPS) is 14.7. The van der Waals surface area contributed by atoms with E-state index in [0.29, 0.717) is 47.7 Å². The molecule has 1 N–H and O–H groups in total. The summed E-state index contributed by atoms with van der Waals surface area (Å²) in [6.07, 6.45) is 5.15. The van der Waals surface area contributed by atoms with E-state index in [0.717, 1.165) is 23.9 Å². The number of anilines is 1. The Morgan fingerprint density at radius 3 is 2.76 bits per heavy atom. The number of carbonyl (C=O) groups is 2. The fraction of sp³-hybridized carbons (Fsp3) is 0.379. The van der Waals surface area contributed by atoms with E-state index in [1.807, 2.05) is 29.9 Å². The zero-order chi connectivity index (χ0) is 29.1. The zero-order valence-electron chi connectivity index (χ0n) is 22.7. The molecule has 1 saturated heterocycles. The number of carboxylic acids is 1. The van der Waals surface area contributed by atoms with Gasteiger partial charge in [0.15, 0.2) is 5.13 Å². The number of hydrogen-bond donors (Lipinski definition) is 1. The fourth-order valence-corrected chi connectivity index (χ4v) is 6.04. The number of carbonyl (C=O) groups excluding carboxylic acids is 1. The van der Waals surface area contributed by atoms with Crippen LogP contribution in [0.1, 0.15) is 25.7 Å². The van der Waals surface area contributed by atoms with Crippen molar-refractivity contribution in [3.05, 3.63) is 47.9 Å². The molecule has 1 aliphatic heterocycles. The quantitative estimate of drug-likeness (QED) is 0.256. The van der Waals surface area contributed by atoms with Gasteiger partial charge in [-0.1, -0.05) is 11.3 Å². The zero-order valence-corrected chi connectivity index (χ0v) is 23.5. The fourth-order valence-electron chi connectivity index (χ4n) is 5.26. The van der Waals surface area contributed by atoms with Crippen molar-refractivity contribution in [2.24, 2.45) is 18.9 Å². The van der Waals surface area contributed by atoms with Gasteiger partial charge in [0.1, 0.15) is 17.1 Å². The summed E-state index contributed by atoms with van der Waals surface area (Å²) in [5.74, 6) is -1.93. The highest BCUT2D eigenvalue weighted by Gasteiger charge is 2.31. The maximum absolute atomic E-state index is 15.5. The first kappa shape index (κ1) is 28.6. The van der Waals surface area contributed by atoms with Gasteiger partial charge in [-0.3, -0.25) is 14.5 Å². The van der Waals surface area contributed by atoms with Crippen LogP contribution in [0.3, 0.4) is 0 Å². The lowest BCUT2D eigenvalue weighted by Gasteiger charge is -2.27. The molecular weight excluding hydrogens is 554 g/mol.